The van der Waals surface area contributed by atoms with Gasteiger partial charge in [-0.3, -0.25) is 4.79 Å². The summed E-state index contributed by atoms with van der Waals surface area (Å²) in [5, 5.41) is -0.0408. The number of aryl methyl sites for hydroxylation is 1. The van der Waals surface area contributed by atoms with Crippen molar-refractivity contribution in [2.24, 2.45) is 11.8 Å². The Morgan fingerprint density at radius 1 is 1.16 bits per heavy atom. The lowest BCUT2D eigenvalue weighted by Crippen LogP contribution is -2.49. The number of benzene rings is 2. The summed E-state index contributed by atoms with van der Waals surface area (Å²) in [6, 6.07) is 11.5. The molecule has 1 saturated carbocycles. The van der Waals surface area contributed by atoms with Gasteiger partial charge in [-0.15, -0.1) is 0 Å². The van der Waals surface area contributed by atoms with Crippen LogP contribution in [-0.2, 0) is 31.3 Å². The molecule has 45 heavy (non-hydrogen) atoms. The number of hydrogen-bond acceptors (Lipinski definition) is 7. The molecular weight excluding hydrogens is 612 g/mol. The Kier molecular flexibility index (Phi) is 9.53. The van der Waals surface area contributed by atoms with Gasteiger partial charge in [0.15, 0.2) is 0 Å². The molecule has 0 unspecified atom stereocenters. The van der Waals surface area contributed by atoms with Crippen LogP contribution < -0.4 is 14.4 Å². The lowest BCUT2D eigenvalue weighted by atomic mass is 9.68. The fourth-order valence-electron chi connectivity index (χ4n) is 7.84. The largest absolute Gasteiger partial charge is 0.490 e. The second-order valence-corrected chi connectivity index (χ2v) is 15.8. The zero-order valence-corrected chi connectivity index (χ0v) is 28.0. The molecule has 2 aromatic carbocycles. The summed E-state index contributed by atoms with van der Waals surface area (Å²) in [4.78, 5) is 16.0. The molecule has 0 aromatic heterocycles. The summed E-state index contributed by atoms with van der Waals surface area (Å²) in [6.45, 7) is 3.88. The number of halogens is 1. The van der Waals surface area contributed by atoms with E-state index in [-0.39, 0.29) is 24.0 Å². The summed E-state index contributed by atoms with van der Waals surface area (Å²) in [6.07, 6.45) is 10.2. The predicted octanol–water partition coefficient (Wildman–Crippen LogP) is 6.06. The smallest absolute Gasteiger partial charge is 0.264 e. The molecule has 6 atom stereocenters. The van der Waals surface area contributed by atoms with Gasteiger partial charge in [0, 0.05) is 43.3 Å². The predicted molar refractivity (Wildman–Crippen MR) is 177 cm³/mol. The minimum Gasteiger partial charge on any atom is -0.490 e. The number of carbonyl (C=O) groups excluding carboxylic acids is 1. The lowest BCUT2D eigenvalue weighted by molar-refractivity contribution is 0.0131. The number of fused-ring (bicyclic) bond motifs is 4. The van der Waals surface area contributed by atoms with Gasteiger partial charge >= 0.3 is 0 Å². The Labute approximate surface area is 272 Å². The first-order chi connectivity index (χ1) is 21.6. The van der Waals surface area contributed by atoms with Crippen LogP contribution in [0.25, 0.3) is 0 Å². The first-order valence-corrected chi connectivity index (χ1v) is 18.1. The van der Waals surface area contributed by atoms with Crippen molar-refractivity contribution in [2.45, 2.75) is 81.2 Å². The zero-order chi connectivity index (χ0) is 31.8. The molecule has 2 heterocycles. The fraction of sp³-hybridized carbons (Fsp3) is 0.571. The van der Waals surface area contributed by atoms with Crippen molar-refractivity contribution in [1.82, 2.24) is 4.72 Å². The maximum Gasteiger partial charge on any atom is 0.264 e. The maximum atomic E-state index is 13.6. The second-order valence-electron chi connectivity index (χ2n) is 13.4. The molecule has 2 bridgehead atoms. The molecule has 2 aliphatic carbocycles. The zero-order valence-electron chi connectivity index (χ0n) is 26.5. The molecule has 10 heteroatoms. The number of rotatable bonds is 4. The minimum atomic E-state index is -3.98. The number of ether oxygens (including phenoxy) is 3. The van der Waals surface area contributed by atoms with Gasteiger partial charge in [-0.25, -0.2) is 13.1 Å². The number of nitrogens with zero attached hydrogens (tertiary/aromatic N) is 1. The molecule has 1 spiro atoms. The van der Waals surface area contributed by atoms with E-state index in [1.807, 2.05) is 31.2 Å². The highest BCUT2D eigenvalue weighted by Gasteiger charge is 2.44. The third-order valence-electron chi connectivity index (χ3n) is 10.6. The van der Waals surface area contributed by atoms with E-state index in [1.165, 1.54) is 11.1 Å². The van der Waals surface area contributed by atoms with Gasteiger partial charge in [0.25, 0.3) is 5.91 Å². The molecule has 2 aliphatic heterocycles. The van der Waals surface area contributed by atoms with Gasteiger partial charge in [-0.2, -0.15) is 0 Å². The van der Waals surface area contributed by atoms with Gasteiger partial charge in [0.2, 0.25) is 10.0 Å². The van der Waals surface area contributed by atoms with E-state index in [4.69, 9.17) is 25.8 Å². The molecule has 1 amide bonds. The molecule has 6 rings (SSSR count). The first kappa shape index (κ1) is 32.4. The molecule has 2 aromatic rings. The van der Waals surface area contributed by atoms with Gasteiger partial charge in [0.1, 0.15) is 5.75 Å². The van der Waals surface area contributed by atoms with Crippen LogP contribution in [0.15, 0.2) is 48.6 Å². The Morgan fingerprint density at radius 3 is 2.76 bits per heavy atom. The van der Waals surface area contributed by atoms with E-state index in [1.54, 1.807) is 20.3 Å². The Hall–Kier alpha value is -2.59. The first-order valence-electron chi connectivity index (χ1n) is 16.2. The number of amides is 1. The van der Waals surface area contributed by atoms with Crippen molar-refractivity contribution in [2.75, 3.05) is 38.8 Å². The Morgan fingerprint density at radius 2 is 2.00 bits per heavy atom. The number of hydrogen-bond donors (Lipinski definition) is 1. The summed E-state index contributed by atoms with van der Waals surface area (Å²) in [5.74, 6) is 0.823. The van der Waals surface area contributed by atoms with E-state index in [9.17, 15) is 13.2 Å². The van der Waals surface area contributed by atoms with Crippen LogP contribution in [0.1, 0.15) is 73.4 Å². The summed E-state index contributed by atoms with van der Waals surface area (Å²) >= 11 is 6.42. The molecule has 4 aliphatic rings. The van der Waals surface area contributed by atoms with Crippen molar-refractivity contribution in [3.05, 3.63) is 70.3 Å². The lowest BCUT2D eigenvalue weighted by Gasteiger charge is -2.46. The summed E-state index contributed by atoms with van der Waals surface area (Å²) in [7, 11) is -0.659. The molecular formula is C35H45ClN2O6S. The van der Waals surface area contributed by atoms with Gasteiger partial charge < -0.3 is 19.1 Å². The SMILES string of the molecule is CO[C@H]1/C=C\CC[C@@H](C[C@H](C)OC)S(=O)(=O)NC(=O)c2ccc3c(c2)N(C[C@@H]2CC[C@H]21)C[C@@]1(CCCc2cc(Cl)ccc21)CO3. The van der Waals surface area contributed by atoms with Crippen LogP contribution in [0.3, 0.4) is 0 Å². The number of allylic oxidation sites excluding steroid dienone is 1. The van der Waals surface area contributed by atoms with Crippen molar-refractivity contribution in [1.29, 1.82) is 0 Å². The van der Waals surface area contributed by atoms with E-state index in [0.29, 0.717) is 42.6 Å². The third kappa shape index (κ3) is 6.64. The van der Waals surface area contributed by atoms with Crippen molar-refractivity contribution >= 4 is 33.2 Å². The molecule has 1 fully saturated rings. The summed E-state index contributed by atoms with van der Waals surface area (Å²) in [5.41, 5.74) is 3.43. The highest BCUT2D eigenvalue weighted by molar-refractivity contribution is 7.90. The normalized spacial score (nSPS) is 30.9. The van der Waals surface area contributed by atoms with Crippen LogP contribution in [0.2, 0.25) is 5.02 Å². The average molecular weight is 657 g/mol. The van der Waals surface area contributed by atoms with Crippen LogP contribution >= 0.6 is 11.6 Å². The maximum absolute atomic E-state index is 13.6. The quantitative estimate of drug-likeness (QED) is 0.400. The highest BCUT2D eigenvalue weighted by Crippen LogP contribution is 2.47. The number of anilines is 1. The van der Waals surface area contributed by atoms with Gasteiger partial charge in [0.05, 0.1) is 29.8 Å². The van der Waals surface area contributed by atoms with E-state index < -0.39 is 21.2 Å². The van der Waals surface area contributed by atoms with Crippen molar-refractivity contribution < 1.29 is 27.4 Å². The van der Waals surface area contributed by atoms with Crippen LogP contribution in [0.4, 0.5) is 5.69 Å². The average Bonchev–Trinajstić information content (AvgIpc) is 3.15. The monoisotopic (exact) mass is 656 g/mol. The number of sulfonamides is 1. The van der Waals surface area contributed by atoms with E-state index in [2.05, 4.69) is 27.8 Å². The standard InChI is InChI=1S/C35H45ClN2O6S/c1-23(42-2)17-28-8-4-5-9-32(43-3)29-13-10-26(29)20-38-21-35(16-6-7-24-18-27(36)12-14-30(24)35)22-44-33-15-11-25(19-31(33)38)34(39)37-45(28,40)41/h5,9,11-12,14-15,18-19,23,26,28-29,32H,4,6-8,10,13,16-17,20-22H2,1-3H3,(H,37,39)/b9-5-/t23-,26-,28-,29+,32-,35-/m0/s1. The van der Waals surface area contributed by atoms with Gasteiger partial charge in [-0.05, 0) is 112 Å². The van der Waals surface area contributed by atoms with E-state index in [0.717, 1.165) is 55.9 Å². The molecule has 0 saturated heterocycles. The fourth-order valence-corrected chi connectivity index (χ4v) is 9.55. The molecule has 8 nitrogen and oxygen atoms in total. The third-order valence-corrected chi connectivity index (χ3v) is 12.6. The second kappa shape index (κ2) is 13.3. The topological polar surface area (TPSA) is 94.2 Å². The van der Waals surface area contributed by atoms with Crippen molar-refractivity contribution in [3.63, 3.8) is 0 Å². The highest BCUT2D eigenvalue weighted by atomic mass is 35.5. The number of carbonyl (C=O) groups is 1. The Balaban J connectivity index is 1.41. The molecule has 244 valence electrons. The van der Waals surface area contributed by atoms with Crippen LogP contribution in [0.5, 0.6) is 5.75 Å². The minimum absolute atomic E-state index is 0.0511. The van der Waals surface area contributed by atoms with Crippen molar-refractivity contribution in [3.8, 4) is 5.75 Å². The van der Waals surface area contributed by atoms with Crippen LogP contribution in [-0.4, -0.2) is 65.7 Å². The number of methoxy groups -OCH3 is 2. The number of nitrogens with one attached hydrogen (secondary N) is 1. The van der Waals surface area contributed by atoms with E-state index >= 15 is 0 Å². The molecule has 0 radical (unpaired) electrons. The Bertz CT molecular complexity index is 1550. The summed E-state index contributed by atoms with van der Waals surface area (Å²) < 4.78 is 47.6. The van der Waals surface area contributed by atoms with Gasteiger partial charge in [-0.1, -0.05) is 29.8 Å². The molecule has 1 N–H and O–H groups in total. The van der Waals surface area contributed by atoms with Crippen LogP contribution in [0, 0.1) is 11.8 Å².